The molecule has 0 spiro atoms. The van der Waals surface area contributed by atoms with Crippen molar-refractivity contribution in [3.63, 3.8) is 0 Å². The van der Waals surface area contributed by atoms with Gasteiger partial charge in [0.2, 0.25) is 5.91 Å². The molecule has 1 aliphatic rings. The zero-order chi connectivity index (χ0) is 15.4. The van der Waals surface area contributed by atoms with Crippen LogP contribution in [-0.4, -0.2) is 19.1 Å². The fourth-order valence-electron chi connectivity index (χ4n) is 2.52. The van der Waals surface area contributed by atoms with Crippen LogP contribution in [0.15, 0.2) is 53.0 Å². The second-order valence-corrected chi connectivity index (χ2v) is 6.07. The molecule has 2 N–H and O–H groups in total. The highest BCUT2D eigenvalue weighted by atomic mass is 79.9. The zero-order valence-electron chi connectivity index (χ0n) is 12.0. The van der Waals surface area contributed by atoms with Crippen molar-refractivity contribution < 1.29 is 9.53 Å². The standard InChI is InChI=1S/C17H17BrN2O2/c18-12-4-3-5-13(10-12)19-11-17(21)20-15-8-9-22-16-7-2-1-6-14(15)16/h1-7,10,15,19H,8-9,11H2,(H,20,21). The summed E-state index contributed by atoms with van der Waals surface area (Å²) in [7, 11) is 0. The van der Waals surface area contributed by atoms with Gasteiger partial charge in [0.15, 0.2) is 0 Å². The molecule has 0 saturated carbocycles. The monoisotopic (exact) mass is 360 g/mol. The normalized spacial score (nSPS) is 16.3. The number of hydrogen-bond acceptors (Lipinski definition) is 3. The van der Waals surface area contributed by atoms with E-state index in [1.165, 1.54) is 0 Å². The van der Waals surface area contributed by atoms with Crippen LogP contribution in [0.5, 0.6) is 5.75 Å². The highest BCUT2D eigenvalue weighted by molar-refractivity contribution is 9.10. The molecule has 3 rings (SSSR count). The first-order chi connectivity index (χ1) is 10.7. The van der Waals surface area contributed by atoms with E-state index >= 15 is 0 Å². The first-order valence-electron chi connectivity index (χ1n) is 7.23. The fourth-order valence-corrected chi connectivity index (χ4v) is 2.92. The number of amides is 1. The van der Waals surface area contributed by atoms with Gasteiger partial charge < -0.3 is 15.4 Å². The third-order valence-corrected chi connectivity index (χ3v) is 4.06. The third kappa shape index (κ3) is 3.60. The molecule has 0 bridgehead atoms. The average Bonchev–Trinajstić information content (AvgIpc) is 2.53. The summed E-state index contributed by atoms with van der Waals surface area (Å²) >= 11 is 3.41. The Kier molecular flexibility index (Phi) is 4.63. The van der Waals surface area contributed by atoms with Gasteiger partial charge in [0.1, 0.15) is 5.75 Å². The molecule has 5 heteroatoms. The minimum atomic E-state index is -0.0262. The number of halogens is 1. The first-order valence-corrected chi connectivity index (χ1v) is 8.02. The Morgan fingerprint density at radius 2 is 2.09 bits per heavy atom. The molecule has 1 aliphatic heterocycles. The lowest BCUT2D eigenvalue weighted by Crippen LogP contribution is -2.35. The Morgan fingerprint density at radius 3 is 2.95 bits per heavy atom. The van der Waals surface area contributed by atoms with Crippen molar-refractivity contribution in [2.75, 3.05) is 18.5 Å². The van der Waals surface area contributed by atoms with E-state index in [2.05, 4.69) is 26.6 Å². The van der Waals surface area contributed by atoms with Crippen LogP contribution in [0.4, 0.5) is 5.69 Å². The Morgan fingerprint density at radius 1 is 1.23 bits per heavy atom. The summed E-state index contributed by atoms with van der Waals surface area (Å²) in [5, 5.41) is 6.19. The highest BCUT2D eigenvalue weighted by Crippen LogP contribution is 2.31. The van der Waals surface area contributed by atoms with E-state index in [-0.39, 0.29) is 18.5 Å². The van der Waals surface area contributed by atoms with E-state index in [1.54, 1.807) is 0 Å². The lowest BCUT2D eigenvalue weighted by Gasteiger charge is -2.26. The number of fused-ring (bicyclic) bond motifs is 1. The SMILES string of the molecule is O=C(CNc1cccc(Br)c1)NC1CCOc2ccccc21. The van der Waals surface area contributed by atoms with E-state index in [4.69, 9.17) is 4.74 Å². The van der Waals surface area contributed by atoms with Gasteiger partial charge in [-0.05, 0) is 24.3 Å². The molecule has 1 heterocycles. The number of carbonyl (C=O) groups excluding carboxylic acids is 1. The number of nitrogens with one attached hydrogen (secondary N) is 2. The summed E-state index contributed by atoms with van der Waals surface area (Å²) in [4.78, 5) is 12.2. The van der Waals surface area contributed by atoms with Gasteiger partial charge in [-0.15, -0.1) is 0 Å². The highest BCUT2D eigenvalue weighted by Gasteiger charge is 2.22. The average molecular weight is 361 g/mol. The molecule has 0 fully saturated rings. The van der Waals surface area contributed by atoms with Gasteiger partial charge in [0, 0.05) is 22.1 Å². The lowest BCUT2D eigenvalue weighted by atomic mass is 10.0. The van der Waals surface area contributed by atoms with Gasteiger partial charge in [0.05, 0.1) is 19.2 Å². The first kappa shape index (κ1) is 14.9. The van der Waals surface area contributed by atoms with Crippen molar-refractivity contribution in [1.82, 2.24) is 5.32 Å². The smallest absolute Gasteiger partial charge is 0.239 e. The number of ether oxygens (including phenoxy) is 1. The van der Waals surface area contributed by atoms with Gasteiger partial charge in [-0.2, -0.15) is 0 Å². The van der Waals surface area contributed by atoms with Crippen LogP contribution in [-0.2, 0) is 4.79 Å². The van der Waals surface area contributed by atoms with E-state index in [1.807, 2.05) is 48.5 Å². The van der Waals surface area contributed by atoms with Crippen LogP contribution in [0.2, 0.25) is 0 Å². The van der Waals surface area contributed by atoms with Crippen LogP contribution in [0.3, 0.4) is 0 Å². The minimum absolute atomic E-state index is 0.0155. The van der Waals surface area contributed by atoms with E-state index in [0.717, 1.165) is 27.9 Å². The maximum Gasteiger partial charge on any atom is 0.239 e. The largest absolute Gasteiger partial charge is 0.493 e. The number of carbonyl (C=O) groups is 1. The van der Waals surface area contributed by atoms with Crippen molar-refractivity contribution in [2.45, 2.75) is 12.5 Å². The zero-order valence-corrected chi connectivity index (χ0v) is 13.6. The second kappa shape index (κ2) is 6.83. The van der Waals surface area contributed by atoms with E-state index < -0.39 is 0 Å². The van der Waals surface area contributed by atoms with Crippen molar-refractivity contribution in [3.05, 3.63) is 58.6 Å². The molecule has 1 atom stereocenters. The fraction of sp³-hybridized carbons (Fsp3) is 0.235. The Balaban J connectivity index is 1.59. The van der Waals surface area contributed by atoms with Crippen molar-refractivity contribution in [1.29, 1.82) is 0 Å². The number of hydrogen-bond donors (Lipinski definition) is 2. The molecule has 2 aromatic carbocycles. The molecule has 22 heavy (non-hydrogen) atoms. The Hall–Kier alpha value is -2.01. The summed E-state index contributed by atoms with van der Waals surface area (Å²) in [6, 6.07) is 15.6. The molecule has 0 aliphatic carbocycles. The Bertz CT molecular complexity index is 675. The minimum Gasteiger partial charge on any atom is -0.493 e. The van der Waals surface area contributed by atoms with Gasteiger partial charge in [0.25, 0.3) is 0 Å². The van der Waals surface area contributed by atoms with Crippen LogP contribution >= 0.6 is 15.9 Å². The van der Waals surface area contributed by atoms with Gasteiger partial charge >= 0.3 is 0 Å². The van der Waals surface area contributed by atoms with E-state index in [9.17, 15) is 4.79 Å². The summed E-state index contributed by atoms with van der Waals surface area (Å²) in [5.41, 5.74) is 1.96. The molecule has 1 amide bonds. The van der Waals surface area contributed by atoms with Gasteiger partial charge in [-0.1, -0.05) is 40.2 Å². The van der Waals surface area contributed by atoms with Crippen LogP contribution < -0.4 is 15.4 Å². The summed E-state index contributed by atoms with van der Waals surface area (Å²) in [6.07, 6.45) is 0.791. The van der Waals surface area contributed by atoms with Crippen molar-refractivity contribution in [3.8, 4) is 5.75 Å². The third-order valence-electron chi connectivity index (χ3n) is 3.57. The molecule has 114 valence electrons. The molecular formula is C17H17BrN2O2. The predicted octanol–water partition coefficient (Wildman–Crippen LogP) is 3.50. The molecule has 1 unspecified atom stereocenters. The quantitative estimate of drug-likeness (QED) is 0.877. The summed E-state index contributed by atoms with van der Waals surface area (Å²) < 4.78 is 6.59. The van der Waals surface area contributed by atoms with E-state index in [0.29, 0.717) is 6.61 Å². The second-order valence-electron chi connectivity index (χ2n) is 5.16. The number of anilines is 1. The maximum absolute atomic E-state index is 12.2. The maximum atomic E-state index is 12.2. The van der Waals surface area contributed by atoms with Crippen LogP contribution in [0.25, 0.3) is 0 Å². The molecule has 0 saturated heterocycles. The summed E-state index contributed by atoms with van der Waals surface area (Å²) in [5.74, 6) is 0.834. The number of para-hydroxylation sites is 1. The van der Waals surface area contributed by atoms with Crippen molar-refractivity contribution in [2.24, 2.45) is 0 Å². The lowest BCUT2D eigenvalue weighted by molar-refractivity contribution is -0.120. The number of benzene rings is 2. The Labute approximate surface area is 138 Å². The predicted molar refractivity (Wildman–Crippen MR) is 90.1 cm³/mol. The molecular weight excluding hydrogens is 344 g/mol. The topological polar surface area (TPSA) is 50.4 Å². The molecule has 2 aromatic rings. The summed E-state index contributed by atoms with van der Waals surface area (Å²) in [6.45, 7) is 0.872. The van der Waals surface area contributed by atoms with Crippen molar-refractivity contribution >= 4 is 27.5 Å². The van der Waals surface area contributed by atoms with Crippen LogP contribution in [0, 0.1) is 0 Å². The molecule has 0 aromatic heterocycles. The molecule has 4 nitrogen and oxygen atoms in total. The van der Waals surface area contributed by atoms with Crippen LogP contribution in [0.1, 0.15) is 18.0 Å². The number of rotatable bonds is 4. The van der Waals surface area contributed by atoms with Gasteiger partial charge in [-0.3, -0.25) is 4.79 Å². The molecule has 0 radical (unpaired) electrons. The van der Waals surface area contributed by atoms with Gasteiger partial charge in [-0.25, -0.2) is 0 Å².